The molecule has 1 aromatic heterocycles. The van der Waals surface area contributed by atoms with E-state index in [0.29, 0.717) is 24.2 Å². The first kappa shape index (κ1) is 21.6. The van der Waals surface area contributed by atoms with E-state index in [1.165, 1.54) is 11.8 Å². The number of rotatable bonds is 8. The Balaban J connectivity index is 1.51. The largest absolute Gasteiger partial charge is 0.463 e. The lowest BCUT2D eigenvalue weighted by atomic mass is 10.1. The van der Waals surface area contributed by atoms with Gasteiger partial charge in [0.05, 0.1) is 18.0 Å². The fourth-order valence-corrected chi connectivity index (χ4v) is 3.93. The molecule has 6 nitrogen and oxygen atoms in total. The Morgan fingerprint density at radius 3 is 2.44 bits per heavy atom. The van der Waals surface area contributed by atoms with Gasteiger partial charge in [-0.3, -0.25) is 4.79 Å². The third-order valence-electron chi connectivity index (χ3n) is 4.76. The van der Waals surface area contributed by atoms with E-state index >= 15 is 0 Å². The maximum atomic E-state index is 12.3. The highest BCUT2D eigenvalue weighted by Crippen LogP contribution is 2.27. The molecule has 0 aliphatic rings. The number of hydrogen-bond donors (Lipinski definition) is 1. The monoisotopic (exact) mass is 444 g/mol. The number of amides is 1. The molecule has 0 radical (unpaired) electrons. The molecular weight excluding hydrogens is 420 g/mol. The maximum absolute atomic E-state index is 12.3. The summed E-state index contributed by atoms with van der Waals surface area (Å²) in [6, 6.07) is 25.8. The molecule has 0 saturated heterocycles. The van der Waals surface area contributed by atoms with Crippen molar-refractivity contribution in [3.05, 3.63) is 84.4 Å². The number of anilines is 1. The van der Waals surface area contributed by atoms with Crippen LogP contribution in [0.4, 0.5) is 5.69 Å². The van der Waals surface area contributed by atoms with Gasteiger partial charge in [-0.15, -0.1) is 16.9 Å². The number of nitrogens with zero attached hydrogens (tertiary/aromatic N) is 3. The van der Waals surface area contributed by atoms with Crippen molar-refractivity contribution in [2.45, 2.75) is 18.7 Å². The van der Waals surface area contributed by atoms with Crippen LogP contribution in [0.3, 0.4) is 0 Å². The Morgan fingerprint density at radius 2 is 1.72 bits per heavy atom. The zero-order chi connectivity index (χ0) is 22.3. The Hall–Kier alpha value is -3.58. The van der Waals surface area contributed by atoms with E-state index in [1.807, 2.05) is 92.7 Å². The smallest absolute Gasteiger partial charge is 0.336 e. The van der Waals surface area contributed by atoms with Crippen molar-refractivity contribution in [2.75, 3.05) is 17.7 Å². The van der Waals surface area contributed by atoms with Crippen LogP contribution in [-0.2, 0) is 4.79 Å². The number of carbonyl (C=O) groups excluding carboxylic acids is 1. The van der Waals surface area contributed by atoms with Crippen LogP contribution in [-0.4, -0.2) is 33.0 Å². The summed E-state index contributed by atoms with van der Waals surface area (Å²) in [5.74, 6) is 1.01. The molecule has 0 fully saturated rings. The zero-order valence-corrected chi connectivity index (χ0v) is 18.8. The molecule has 1 heterocycles. The number of carbonyl (C=O) groups is 1. The van der Waals surface area contributed by atoms with Crippen molar-refractivity contribution in [2.24, 2.45) is 0 Å². The molecule has 162 valence electrons. The van der Waals surface area contributed by atoms with Crippen molar-refractivity contribution in [3.63, 3.8) is 0 Å². The molecule has 3 aromatic carbocycles. The number of aromatic nitrogens is 3. The van der Waals surface area contributed by atoms with Gasteiger partial charge in [0.2, 0.25) is 5.91 Å². The van der Waals surface area contributed by atoms with Crippen molar-refractivity contribution in [1.82, 2.24) is 14.8 Å². The normalized spacial score (nSPS) is 10.7. The second kappa shape index (κ2) is 10.2. The predicted octanol–water partition coefficient (Wildman–Crippen LogP) is 5.37. The molecule has 1 N–H and O–H groups in total. The van der Waals surface area contributed by atoms with Crippen LogP contribution in [0.5, 0.6) is 6.01 Å². The molecule has 32 heavy (non-hydrogen) atoms. The minimum atomic E-state index is -0.0495. The van der Waals surface area contributed by atoms with Gasteiger partial charge in [0.15, 0.2) is 5.82 Å². The van der Waals surface area contributed by atoms with Gasteiger partial charge in [-0.25, -0.2) is 4.68 Å². The summed E-state index contributed by atoms with van der Waals surface area (Å²) >= 11 is 1.51. The van der Waals surface area contributed by atoms with Crippen molar-refractivity contribution in [1.29, 1.82) is 0 Å². The average molecular weight is 445 g/mol. The summed E-state index contributed by atoms with van der Waals surface area (Å²) in [4.78, 5) is 18.0. The highest BCUT2D eigenvalue weighted by atomic mass is 32.2. The highest BCUT2D eigenvalue weighted by Gasteiger charge is 2.16. The van der Waals surface area contributed by atoms with Crippen LogP contribution in [0.1, 0.15) is 12.5 Å². The Labute approximate surface area is 191 Å². The number of hydrogen-bond acceptors (Lipinski definition) is 5. The lowest BCUT2D eigenvalue weighted by Gasteiger charge is -2.09. The fraction of sp³-hybridized carbons (Fsp3) is 0.160. The van der Waals surface area contributed by atoms with Crippen molar-refractivity contribution >= 4 is 23.4 Å². The van der Waals surface area contributed by atoms with E-state index in [0.717, 1.165) is 27.4 Å². The number of nitrogens with one attached hydrogen (secondary N) is 1. The summed E-state index contributed by atoms with van der Waals surface area (Å²) in [6.07, 6.45) is 0. The molecular formula is C25H24N4O2S. The summed E-state index contributed by atoms with van der Waals surface area (Å²) in [6.45, 7) is 4.44. The average Bonchev–Trinajstić information content (AvgIpc) is 3.23. The van der Waals surface area contributed by atoms with Crippen molar-refractivity contribution in [3.8, 4) is 23.1 Å². The summed E-state index contributed by atoms with van der Waals surface area (Å²) in [5, 5.41) is 7.48. The van der Waals surface area contributed by atoms with Crippen molar-refractivity contribution < 1.29 is 9.53 Å². The summed E-state index contributed by atoms with van der Waals surface area (Å²) in [7, 11) is 0. The SMILES string of the molecule is CCOc1nc(-c2ccccc2C)n(-c2ccc(NC(=O)CSc3ccccc3)cc2)n1. The third kappa shape index (κ3) is 5.18. The summed E-state index contributed by atoms with van der Waals surface area (Å²) < 4.78 is 7.32. The molecule has 4 rings (SSSR count). The standard InChI is InChI=1S/C25H24N4O2S/c1-3-31-25-27-24(22-12-8-7-9-18(22)2)29(28-25)20-15-13-19(14-16-20)26-23(30)17-32-21-10-5-4-6-11-21/h4-16H,3,17H2,1-2H3,(H,26,30). The predicted molar refractivity (Wildman–Crippen MR) is 128 cm³/mol. The lowest BCUT2D eigenvalue weighted by molar-refractivity contribution is -0.113. The second-order valence-corrected chi connectivity index (χ2v) is 8.12. The minimum absolute atomic E-state index is 0.0495. The number of ether oxygens (including phenoxy) is 1. The van der Waals surface area contributed by atoms with E-state index in [9.17, 15) is 4.79 Å². The van der Waals surface area contributed by atoms with E-state index in [2.05, 4.69) is 15.4 Å². The third-order valence-corrected chi connectivity index (χ3v) is 5.77. The molecule has 0 saturated carbocycles. The fourth-order valence-electron chi connectivity index (χ4n) is 3.21. The molecule has 0 aliphatic heterocycles. The van der Waals surface area contributed by atoms with Crippen LogP contribution < -0.4 is 10.1 Å². The van der Waals surface area contributed by atoms with Gasteiger partial charge in [-0.2, -0.15) is 4.98 Å². The molecule has 7 heteroatoms. The highest BCUT2D eigenvalue weighted by molar-refractivity contribution is 8.00. The van der Waals surface area contributed by atoms with Gasteiger partial charge in [0, 0.05) is 16.1 Å². The van der Waals surface area contributed by atoms with Gasteiger partial charge in [-0.05, 0) is 55.8 Å². The molecule has 0 spiro atoms. The van der Waals surface area contributed by atoms with Gasteiger partial charge in [-0.1, -0.05) is 42.5 Å². The quantitative estimate of drug-likeness (QED) is 0.370. The Bertz CT molecular complexity index is 1190. The first-order valence-electron chi connectivity index (χ1n) is 10.4. The van der Waals surface area contributed by atoms with E-state index in [1.54, 1.807) is 4.68 Å². The van der Waals surface area contributed by atoms with Crippen LogP contribution >= 0.6 is 11.8 Å². The number of aryl methyl sites for hydroxylation is 1. The number of benzene rings is 3. The van der Waals surface area contributed by atoms with Crippen LogP contribution in [0.15, 0.2) is 83.8 Å². The van der Waals surface area contributed by atoms with Gasteiger partial charge in [0.25, 0.3) is 0 Å². The van der Waals surface area contributed by atoms with Crippen LogP contribution in [0.2, 0.25) is 0 Å². The zero-order valence-electron chi connectivity index (χ0n) is 18.0. The van der Waals surface area contributed by atoms with E-state index in [4.69, 9.17) is 4.74 Å². The topological polar surface area (TPSA) is 69.0 Å². The van der Waals surface area contributed by atoms with E-state index < -0.39 is 0 Å². The molecule has 0 unspecified atom stereocenters. The Morgan fingerprint density at radius 1 is 1.00 bits per heavy atom. The first-order valence-corrected chi connectivity index (χ1v) is 11.4. The second-order valence-electron chi connectivity index (χ2n) is 7.07. The van der Waals surface area contributed by atoms with Gasteiger partial charge < -0.3 is 10.1 Å². The van der Waals surface area contributed by atoms with Crippen LogP contribution in [0, 0.1) is 6.92 Å². The Kier molecular flexibility index (Phi) is 6.87. The molecule has 1 amide bonds. The molecule has 0 atom stereocenters. The maximum Gasteiger partial charge on any atom is 0.336 e. The molecule has 0 aliphatic carbocycles. The van der Waals surface area contributed by atoms with Gasteiger partial charge in [0.1, 0.15) is 0 Å². The lowest BCUT2D eigenvalue weighted by Crippen LogP contribution is -2.14. The van der Waals surface area contributed by atoms with E-state index in [-0.39, 0.29) is 5.91 Å². The molecule has 0 bridgehead atoms. The molecule has 4 aromatic rings. The first-order chi connectivity index (χ1) is 15.6. The van der Waals surface area contributed by atoms with Gasteiger partial charge >= 0.3 is 6.01 Å². The number of thioether (sulfide) groups is 1. The minimum Gasteiger partial charge on any atom is -0.463 e. The van der Waals surface area contributed by atoms with Crippen LogP contribution in [0.25, 0.3) is 17.1 Å². The summed E-state index contributed by atoms with van der Waals surface area (Å²) in [5.41, 5.74) is 3.65.